The summed E-state index contributed by atoms with van der Waals surface area (Å²) in [5.74, 6) is -0.247. The second-order valence-corrected chi connectivity index (χ2v) is 6.32. The standard InChI is InChI=1S/C13H21N3O2S/c1-3-15-13(11(14)17)6-4-5-10(7-13)19-12-16-9(2)8-18-12/h8,10,15H,3-7H2,1-2H3,(H2,14,17). The Balaban J connectivity index is 2.05. The van der Waals surface area contributed by atoms with E-state index in [4.69, 9.17) is 10.2 Å². The number of primary amides is 1. The van der Waals surface area contributed by atoms with E-state index < -0.39 is 5.54 Å². The number of thioether (sulfide) groups is 1. The fourth-order valence-corrected chi connectivity index (χ4v) is 3.90. The minimum atomic E-state index is -0.563. The van der Waals surface area contributed by atoms with Crippen LogP contribution in [0.25, 0.3) is 0 Å². The lowest BCUT2D eigenvalue weighted by molar-refractivity contribution is -0.125. The van der Waals surface area contributed by atoms with Crippen LogP contribution in [-0.2, 0) is 4.79 Å². The largest absolute Gasteiger partial charge is 0.440 e. The number of carbonyl (C=O) groups excluding carboxylic acids is 1. The molecule has 2 unspecified atom stereocenters. The van der Waals surface area contributed by atoms with E-state index in [0.717, 1.165) is 37.9 Å². The smallest absolute Gasteiger partial charge is 0.256 e. The zero-order chi connectivity index (χ0) is 13.9. The molecule has 0 radical (unpaired) electrons. The van der Waals surface area contributed by atoms with Crippen LogP contribution in [0.4, 0.5) is 0 Å². The third-order valence-corrected chi connectivity index (χ3v) is 4.68. The van der Waals surface area contributed by atoms with Gasteiger partial charge in [0.25, 0.3) is 5.22 Å². The van der Waals surface area contributed by atoms with Crippen molar-refractivity contribution in [2.45, 2.75) is 55.5 Å². The van der Waals surface area contributed by atoms with Crippen molar-refractivity contribution in [1.82, 2.24) is 10.3 Å². The summed E-state index contributed by atoms with van der Waals surface area (Å²) in [6, 6.07) is 0. The first-order valence-corrected chi connectivity index (χ1v) is 7.57. The molecule has 19 heavy (non-hydrogen) atoms. The third-order valence-electron chi connectivity index (χ3n) is 3.56. The first kappa shape index (κ1) is 14.4. The van der Waals surface area contributed by atoms with Crippen molar-refractivity contribution in [3.05, 3.63) is 12.0 Å². The van der Waals surface area contributed by atoms with Crippen molar-refractivity contribution in [3.63, 3.8) is 0 Å². The second kappa shape index (κ2) is 5.96. The van der Waals surface area contributed by atoms with Crippen molar-refractivity contribution in [1.29, 1.82) is 0 Å². The fraction of sp³-hybridized carbons (Fsp3) is 0.692. The molecule has 0 aliphatic heterocycles. The molecule has 3 N–H and O–H groups in total. The number of oxazole rings is 1. The van der Waals surface area contributed by atoms with E-state index in [1.54, 1.807) is 18.0 Å². The third kappa shape index (κ3) is 3.30. The molecule has 1 fully saturated rings. The minimum absolute atomic E-state index is 0.247. The number of nitrogens with one attached hydrogen (secondary N) is 1. The summed E-state index contributed by atoms with van der Waals surface area (Å²) in [4.78, 5) is 16.1. The van der Waals surface area contributed by atoms with E-state index in [9.17, 15) is 4.79 Å². The van der Waals surface area contributed by atoms with Gasteiger partial charge in [0.2, 0.25) is 5.91 Å². The molecule has 1 aliphatic rings. The highest BCUT2D eigenvalue weighted by atomic mass is 32.2. The summed E-state index contributed by atoms with van der Waals surface area (Å²) < 4.78 is 5.37. The average molecular weight is 283 g/mol. The molecule has 106 valence electrons. The van der Waals surface area contributed by atoms with Gasteiger partial charge < -0.3 is 15.5 Å². The zero-order valence-corrected chi connectivity index (χ0v) is 12.3. The number of carbonyl (C=O) groups is 1. The highest BCUT2D eigenvalue weighted by molar-refractivity contribution is 7.99. The van der Waals surface area contributed by atoms with Gasteiger partial charge in [0, 0.05) is 5.25 Å². The number of nitrogens with two attached hydrogens (primary N) is 1. The van der Waals surface area contributed by atoms with E-state index in [2.05, 4.69) is 10.3 Å². The number of hydrogen-bond acceptors (Lipinski definition) is 5. The maximum Gasteiger partial charge on any atom is 0.256 e. The lowest BCUT2D eigenvalue weighted by atomic mass is 9.80. The van der Waals surface area contributed by atoms with E-state index in [1.165, 1.54) is 0 Å². The predicted octanol–water partition coefficient (Wildman–Crippen LogP) is 1.85. The normalized spacial score (nSPS) is 27.4. The molecular formula is C13H21N3O2S. The Morgan fingerprint density at radius 1 is 1.74 bits per heavy atom. The van der Waals surface area contributed by atoms with Crippen LogP contribution in [0.2, 0.25) is 0 Å². The number of hydrogen-bond donors (Lipinski definition) is 2. The van der Waals surface area contributed by atoms with Gasteiger partial charge in [-0.15, -0.1) is 0 Å². The number of rotatable bonds is 5. The Labute approximate surface area is 117 Å². The van der Waals surface area contributed by atoms with Crippen molar-refractivity contribution in [2.75, 3.05) is 6.54 Å². The van der Waals surface area contributed by atoms with Gasteiger partial charge in [-0.1, -0.05) is 18.7 Å². The summed E-state index contributed by atoms with van der Waals surface area (Å²) in [5, 5.41) is 4.28. The highest BCUT2D eigenvalue weighted by Crippen LogP contribution is 2.37. The topological polar surface area (TPSA) is 81.1 Å². The molecule has 0 saturated heterocycles. The van der Waals surface area contributed by atoms with Gasteiger partial charge in [0.05, 0.1) is 11.2 Å². The van der Waals surface area contributed by atoms with Crippen LogP contribution in [0.5, 0.6) is 0 Å². The van der Waals surface area contributed by atoms with Gasteiger partial charge in [-0.3, -0.25) is 4.79 Å². The highest BCUT2D eigenvalue weighted by Gasteiger charge is 2.41. The Bertz CT molecular complexity index is 445. The Hall–Kier alpha value is -1.01. The summed E-state index contributed by atoms with van der Waals surface area (Å²) in [6.45, 7) is 4.65. The molecule has 1 amide bonds. The molecule has 1 aliphatic carbocycles. The molecule has 2 rings (SSSR count). The molecule has 1 aromatic heterocycles. The first-order valence-electron chi connectivity index (χ1n) is 6.69. The van der Waals surface area contributed by atoms with Crippen LogP contribution >= 0.6 is 11.8 Å². The van der Waals surface area contributed by atoms with Crippen molar-refractivity contribution in [2.24, 2.45) is 5.73 Å². The lowest BCUT2D eigenvalue weighted by Gasteiger charge is -2.38. The van der Waals surface area contributed by atoms with Crippen LogP contribution in [-0.4, -0.2) is 28.2 Å². The number of amides is 1. The molecule has 1 aromatic rings. The van der Waals surface area contributed by atoms with Crippen molar-refractivity contribution >= 4 is 17.7 Å². The Kier molecular flexibility index (Phi) is 4.52. The maximum atomic E-state index is 11.8. The maximum absolute atomic E-state index is 11.8. The zero-order valence-electron chi connectivity index (χ0n) is 11.4. The van der Waals surface area contributed by atoms with Crippen LogP contribution in [0.1, 0.15) is 38.3 Å². The van der Waals surface area contributed by atoms with E-state index in [1.807, 2.05) is 13.8 Å². The summed E-state index contributed by atoms with van der Waals surface area (Å²) >= 11 is 1.61. The van der Waals surface area contributed by atoms with Gasteiger partial charge in [0.1, 0.15) is 6.26 Å². The first-order chi connectivity index (χ1) is 9.05. The average Bonchev–Trinajstić information content (AvgIpc) is 2.75. The molecule has 0 aromatic carbocycles. The SMILES string of the molecule is CCNC1(C(N)=O)CCCC(Sc2nc(C)co2)C1. The van der Waals surface area contributed by atoms with Crippen LogP contribution in [0, 0.1) is 6.92 Å². The van der Waals surface area contributed by atoms with Crippen LogP contribution < -0.4 is 11.1 Å². The van der Waals surface area contributed by atoms with Crippen molar-refractivity contribution in [3.8, 4) is 0 Å². The van der Waals surface area contributed by atoms with Crippen LogP contribution in [0.3, 0.4) is 0 Å². The molecule has 0 bridgehead atoms. The fourth-order valence-electron chi connectivity index (χ4n) is 2.66. The number of nitrogens with zero attached hydrogens (tertiary/aromatic N) is 1. The summed E-state index contributed by atoms with van der Waals surface area (Å²) in [7, 11) is 0. The summed E-state index contributed by atoms with van der Waals surface area (Å²) in [6.07, 6.45) is 5.26. The van der Waals surface area contributed by atoms with E-state index in [0.29, 0.717) is 10.5 Å². The Morgan fingerprint density at radius 2 is 2.53 bits per heavy atom. The molecule has 2 atom stereocenters. The predicted molar refractivity (Wildman–Crippen MR) is 75.0 cm³/mol. The van der Waals surface area contributed by atoms with Crippen molar-refractivity contribution < 1.29 is 9.21 Å². The second-order valence-electron chi connectivity index (χ2n) is 5.07. The van der Waals surface area contributed by atoms with Gasteiger partial charge >= 0.3 is 0 Å². The van der Waals surface area contributed by atoms with E-state index in [-0.39, 0.29) is 5.91 Å². The quantitative estimate of drug-likeness (QED) is 0.862. The number of likely N-dealkylation sites (N-methyl/N-ethyl adjacent to an activating group) is 1. The van der Waals surface area contributed by atoms with Gasteiger partial charge in [-0.05, 0) is 39.2 Å². The molecular weight excluding hydrogens is 262 g/mol. The van der Waals surface area contributed by atoms with Gasteiger partial charge in [-0.25, -0.2) is 4.98 Å². The molecule has 6 heteroatoms. The minimum Gasteiger partial charge on any atom is -0.440 e. The van der Waals surface area contributed by atoms with Crippen LogP contribution in [0.15, 0.2) is 15.9 Å². The van der Waals surface area contributed by atoms with Gasteiger partial charge in [0.15, 0.2) is 0 Å². The monoisotopic (exact) mass is 283 g/mol. The Morgan fingerprint density at radius 3 is 3.11 bits per heavy atom. The molecule has 0 spiro atoms. The number of aromatic nitrogens is 1. The lowest BCUT2D eigenvalue weighted by Crippen LogP contribution is -2.58. The molecule has 1 saturated carbocycles. The summed E-state index contributed by atoms with van der Waals surface area (Å²) in [5.41, 5.74) is 5.92. The number of aryl methyl sites for hydroxylation is 1. The molecule has 1 heterocycles. The molecule has 5 nitrogen and oxygen atoms in total. The van der Waals surface area contributed by atoms with E-state index >= 15 is 0 Å². The van der Waals surface area contributed by atoms with Gasteiger partial charge in [-0.2, -0.15) is 0 Å².